The van der Waals surface area contributed by atoms with Gasteiger partial charge in [-0.15, -0.1) is 0 Å². The van der Waals surface area contributed by atoms with Crippen molar-refractivity contribution >= 4 is 0 Å². The van der Waals surface area contributed by atoms with Crippen LogP contribution in [0.5, 0.6) is 0 Å². The molecular formula is C13H26N2. The lowest BCUT2D eigenvalue weighted by atomic mass is 10.1. The molecule has 2 nitrogen and oxygen atoms in total. The molecule has 0 aromatic carbocycles. The van der Waals surface area contributed by atoms with E-state index >= 15 is 0 Å². The smallest absolute Gasteiger partial charge is 0.00191 e. The zero-order valence-corrected chi connectivity index (χ0v) is 10.2. The number of hydrogen-bond acceptors (Lipinski definition) is 2. The quantitative estimate of drug-likeness (QED) is 0.764. The maximum Gasteiger partial charge on any atom is 0.00191 e. The third-order valence-corrected chi connectivity index (χ3v) is 3.67. The van der Waals surface area contributed by atoms with Crippen molar-refractivity contribution in [3.63, 3.8) is 0 Å². The van der Waals surface area contributed by atoms with Crippen LogP contribution in [0.3, 0.4) is 0 Å². The van der Waals surface area contributed by atoms with Crippen molar-refractivity contribution in [3.05, 3.63) is 0 Å². The molecule has 1 N–H and O–H groups in total. The molecule has 2 rings (SSSR count). The van der Waals surface area contributed by atoms with E-state index in [0.717, 1.165) is 11.8 Å². The van der Waals surface area contributed by atoms with E-state index in [1.54, 1.807) is 0 Å². The number of nitrogens with one attached hydrogen (secondary N) is 1. The summed E-state index contributed by atoms with van der Waals surface area (Å²) in [4.78, 5) is 2.69. The Morgan fingerprint density at radius 1 is 1.33 bits per heavy atom. The molecule has 15 heavy (non-hydrogen) atoms. The Morgan fingerprint density at radius 3 is 3.00 bits per heavy atom. The zero-order chi connectivity index (χ0) is 10.5. The minimum Gasteiger partial charge on any atom is -0.316 e. The number of nitrogens with zero attached hydrogens (tertiary/aromatic N) is 1. The highest BCUT2D eigenvalue weighted by Gasteiger charge is 2.21. The first-order valence-corrected chi connectivity index (χ1v) is 6.77. The van der Waals surface area contributed by atoms with Crippen molar-refractivity contribution in [2.75, 3.05) is 32.7 Å². The fraction of sp³-hybridized carbons (Fsp3) is 1.00. The van der Waals surface area contributed by atoms with Crippen LogP contribution in [0.2, 0.25) is 0 Å². The average Bonchev–Trinajstić information content (AvgIpc) is 2.97. The van der Waals surface area contributed by atoms with Gasteiger partial charge in [-0.2, -0.15) is 0 Å². The van der Waals surface area contributed by atoms with Crippen LogP contribution >= 0.6 is 0 Å². The number of hydrogen-bond donors (Lipinski definition) is 1. The van der Waals surface area contributed by atoms with Crippen LogP contribution in [-0.2, 0) is 0 Å². The van der Waals surface area contributed by atoms with Gasteiger partial charge in [0.15, 0.2) is 0 Å². The van der Waals surface area contributed by atoms with E-state index in [9.17, 15) is 0 Å². The summed E-state index contributed by atoms with van der Waals surface area (Å²) in [5.41, 5.74) is 0. The van der Waals surface area contributed by atoms with E-state index in [1.807, 2.05) is 0 Å². The maximum atomic E-state index is 3.52. The van der Waals surface area contributed by atoms with Crippen molar-refractivity contribution in [1.82, 2.24) is 10.2 Å². The predicted molar refractivity (Wildman–Crippen MR) is 65.0 cm³/mol. The second kappa shape index (κ2) is 5.86. The summed E-state index contributed by atoms with van der Waals surface area (Å²) in [6, 6.07) is 0. The normalized spacial score (nSPS) is 29.8. The van der Waals surface area contributed by atoms with Crippen LogP contribution in [-0.4, -0.2) is 37.6 Å². The van der Waals surface area contributed by atoms with Crippen LogP contribution in [0.15, 0.2) is 0 Å². The lowest BCUT2D eigenvalue weighted by molar-refractivity contribution is 0.212. The summed E-state index contributed by atoms with van der Waals surface area (Å²) in [6.45, 7) is 8.75. The van der Waals surface area contributed by atoms with E-state index in [0.29, 0.717) is 0 Å². The van der Waals surface area contributed by atoms with Gasteiger partial charge in [0, 0.05) is 6.54 Å². The molecular weight excluding hydrogens is 184 g/mol. The van der Waals surface area contributed by atoms with Gasteiger partial charge in [-0.25, -0.2) is 0 Å². The average molecular weight is 210 g/mol. The summed E-state index contributed by atoms with van der Waals surface area (Å²) in [6.07, 6.45) is 7.28. The van der Waals surface area contributed by atoms with Crippen LogP contribution in [0.25, 0.3) is 0 Å². The van der Waals surface area contributed by atoms with Gasteiger partial charge in [-0.05, 0) is 57.3 Å². The van der Waals surface area contributed by atoms with Gasteiger partial charge < -0.3 is 10.2 Å². The summed E-state index contributed by atoms with van der Waals surface area (Å²) < 4.78 is 0. The Kier molecular flexibility index (Phi) is 4.45. The maximum absolute atomic E-state index is 3.52. The molecule has 0 radical (unpaired) electrons. The molecule has 1 atom stereocenters. The summed E-state index contributed by atoms with van der Waals surface area (Å²) in [5, 5.41) is 3.52. The number of rotatable bonds is 4. The first kappa shape index (κ1) is 11.4. The van der Waals surface area contributed by atoms with Gasteiger partial charge in [0.2, 0.25) is 0 Å². The Hall–Kier alpha value is -0.0800. The second-order valence-electron chi connectivity index (χ2n) is 5.55. The van der Waals surface area contributed by atoms with Gasteiger partial charge in [-0.3, -0.25) is 0 Å². The molecule has 1 heterocycles. The predicted octanol–water partition coefficient (Wildman–Crippen LogP) is 2.11. The zero-order valence-electron chi connectivity index (χ0n) is 10.2. The van der Waals surface area contributed by atoms with Crippen molar-refractivity contribution in [2.45, 2.75) is 39.0 Å². The first-order valence-electron chi connectivity index (χ1n) is 6.77. The van der Waals surface area contributed by atoms with Gasteiger partial charge >= 0.3 is 0 Å². The summed E-state index contributed by atoms with van der Waals surface area (Å²) >= 11 is 0. The molecule has 0 bridgehead atoms. The van der Waals surface area contributed by atoms with Gasteiger partial charge in [0.05, 0.1) is 0 Å². The van der Waals surface area contributed by atoms with Crippen molar-refractivity contribution in [3.8, 4) is 0 Å². The molecule has 2 aliphatic rings. The van der Waals surface area contributed by atoms with Crippen molar-refractivity contribution < 1.29 is 0 Å². The Bertz CT molecular complexity index is 177. The highest BCUT2D eigenvalue weighted by Crippen LogP contribution is 2.33. The van der Waals surface area contributed by atoms with Crippen LogP contribution in [0.4, 0.5) is 0 Å². The van der Waals surface area contributed by atoms with E-state index in [2.05, 4.69) is 17.1 Å². The first-order chi connectivity index (χ1) is 7.34. The van der Waals surface area contributed by atoms with E-state index < -0.39 is 0 Å². The van der Waals surface area contributed by atoms with Crippen molar-refractivity contribution in [1.29, 1.82) is 0 Å². The van der Waals surface area contributed by atoms with Gasteiger partial charge in [0.25, 0.3) is 0 Å². The molecule has 2 heteroatoms. The molecule has 0 aromatic rings. The minimum atomic E-state index is 0.825. The van der Waals surface area contributed by atoms with Crippen LogP contribution < -0.4 is 5.32 Å². The monoisotopic (exact) mass is 210 g/mol. The molecule has 0 aromatic heterocycles. The largest absolute Gasteiger partial charge is 0.316 e. The Morgan fingerprint density at radius 2 is 2.20 bits per heavy atom. The molecule has 88 valence electrons. The second-order valence-corrected chi connectivity index (χ2v) is 5.55. The highest BCUT2D eigenvalue weighted by atomic mass is 15.1. The van der Waals surface area contributed by atoms with E-state index in [1.165, 1.54) is 64.8 Å². The van der Waals surface area contributed by atoms with E-state index in [-0.39, 0.29) is 0 Å². The molecule has 0 amide bonds. The summed E-state index contributed by atoms with van der Waals surface area (Å²) in [5.74, 6) is 1.94. The summed E-state index contributed by atoms with van der Waals surface area (Å²) in [7, 11) is 0. The minimum absolute atomic E-state index is 0.825. The molecule has 1 unspecified atom stereocenters. The van der Waals surface area contributed by atoms with E-state index in [4.69, 9.17) is 0 Å². The molecule has 1 saturated carbocycles. The third kappa shape index (κ3) is 4.52. The third-order valence-electron chi connectivity index (χ3n) is 3.67. The Balaban J connectivity index is 1.63. The van der Waals surface area contributed by atoms with Crippen LogP contribution in [0, 0.1) is 11.8 Å². The topological polar surface area (TPSA) is 15.3 Å². The van der Waals surface area contributed by atoms with Gasteiger partial charge in [0.1, 0.15) is 0 Å². The molecule has 0 spiro atoms. The highest BCUT2D eigenvalue weighted by molar-refractivity contribution is 4.74. The fourth-order valence-electron chi connectivity index (χ4n) is 2.59. The SMILES string of the molecule is CC1CNCCCN(CCCC2CC2)C1. The Labute approximate surface area is 94.4 Å². The molecule has 1 aliphatic carbocycles. The lowest BCUT2D eigenvalue weighted by Crippen LogP contribution is -2.39. The molecule has 2 fully saturated rings. The molecule has 1 saturated heterocycles. The fourth-order valence-corrected chi connectivity index (χ4v) is 2.59. The van der Waals surface area contributed by atoms with Gasteiger partial charge in [-0.1, -0.05) is 19.8 Å². The van der Waals surface area contributed by atoms with Crippen molar-refractivity contribution in [2.24, 2.45) is 11.8 Å². The standard InChI is InChI=1S/C13H26N2/c1-12-10-14-7-3-9-15(11-12)8-2-4-13-5-6-13/h12-14H,2-11H2,1H3. The van der Waals surface area contributed by atoms with Crippen LogP contribution in [0.1, 0.15) is 39.0 Å². The molecule has 1 aliphatic heterocycles. The lowest BCUT2D eigenvalue weighted by Gasteiger charge is -2.28.